The largest absolute Gasteiger partial charge is 0.493 e. The van der Waals surface area contributed by atoms with Crippen molar-refractivity contribution in [2.24, 2.45) is 0 Å². The Morgan fingerprint density at radius 2 is 2.04 bits per heavy atom. The number of H-pyrrole nitrogens is 2. The number of benzene rings is 2. The van der Waals surface area contributed by atoms with Crippen LogP contribution in [0.4, 0.5) is 15.9 Å². The molecule has 0 bridgehead atoms. The first kappa shape index (κ1) is 14.8. The Kier molecular flexibility index (Phi) is 3.00. The molecule has 0 unspecified atom stereocenters. The predicted molar refractivity (Wildman–Crippen MR) is 97.8 cm³/mol. The van der Waals surface area contributed by atoms with Crippen LogP contribution in [0.25, 0.3) is 33.1 Å². The van der Waals surface area contributed by atoms with Gasteiger partial charge in [-0.25, -0.2) is 9.37 Å². The topological polar surface area (TPSA) is 78.9 Å². The van der Waals surface area contributed by atoms with E-state index in [2.05, 4.69) is 20.5 Å². The highest BCUT2D eigenvalue weighted by atomic mass is 19.1. The normalized spacial score (nSPS) is 11.7. The molecular formula is C19H15FN4O2. The number of aromatic nitrogens is 3. The summed E-state index contributed by atoms with van der Waals surface area (Å²) in [5.74, 6) is 1.67. The van der Waals surface area contributed by atoms with Crippen molar-refractivity contribution in [3.8, 4) is 17.0 Å². The first-order chi connectivity index (χ1) is 12.6. The third-order valence-electron chi connectivity index (χ3n) is 4.50. The number of nitrogens with zero attached hydrogens (tertiary/aromatic N) is 1. The molecule has 1 aromatic heterocycles. The summed E-state index contributed by atoms with van der Waals surface area (Å²) in [5.41, 5.74) is 3.92. The molecule has 3 aromatic rings. The minimum absolute atomic E-state index is 0.293. The molecule has 0 fully saturated rings. The fourth-order valence-electron chi connectivity index (χ4n) is 3.38. The molecule has 130 valence electrons. The van der Waals surface area contributed by atoms with Gasteiger partial charge in [-0.3, -0.25) is 10.2 Å². The molecule has 1 aliphatic heterocycles. The van der Waals surface area contributed by atoms with Gasteiger partial charge in [0.2, 0.25) is 0 Å². The van der Waals surface area contributed by atoms with Crippen LogP contribution in [0.15, 0.2) is 40.8 Å². The van der Waals surface area contributed by atoms with Gasteiger partial charge >= 0.3 is 0 Å². The van der Waals surface area contributed by atoms with E-state index in [1.165, 1.54) is 12.1 Å². The van der Waals surface area contributed by atoms with Gasteiger partial charge in [-0.2, -0.15) is 0 Å². The molecular weight excluding hydrogens is 335 g/mol. The second kappa shape index (κ2) is 5.26. The third kappa shape index (κ3) is 2.07. The van der Waals surface area contributed by atoms with Gasteiger partial charge in [0.1, 0.15) is 17.2 Å². The maximum Gasteiger partial charge on any atom is 0.197 e. The van der Waals surface area contributed by atoms with E-state index in [-0.39, 0.29) is 5.82 Å². The second-order valence-electron chi connectivity index (χ2n) is 6.14. The highest BCUT2D eigenvalue weighted by molar-refractivity contribution is 6.15. The molecule has 2 aliphatic rings. The Labute approximate surface area is 147 Å². The highest BCUT2D eigenvalue weighted by Crippen LogP contribution is 2.43. The van der Waals surface area contributed by atoms with Gasteiger partial charge in [0.15, 0.2) is 17.2 Å². The summed E-state index contributed by atoms with van der Waals surface area (Å²) >= 11 is 0. The smallest absolute Gasteiger partial charge is 0.197 e. The van der Waals surface area contributed by atoms with Gasteiger partial charge in [0.25, 0.3) is 0 Å². The molecule has 2 heterocycles. The fourth-order valence-corrected chi connectivity index (χ4v) is 3.38. The zero-order valence-electron chi connectivity index (χ0n) is 14.1. The number of halogens is 1. The fraction of sp³-hybridized carbons (Fsp3) is 0.105. The van der Waals surface area contributed by atoms with Crippen LogP contribution in [-0.4, -0.2) is 22.3 Å². The summed E-state index contributed by atoms with van der Waals surface area (Å²) in [5, 5.41) is 11.4. The number of hydrogen-bond acceptors (Lipinski definition) is 4. The number of rotatable bonds is 3. The maximum absolute atomic E-state index is 13.4. The summed E-state index contributed by atoms with van der Waals surface area (Å²) in [7, 11) is 1.61. The van der Waals surface area contributed by atoms with E-state index >= 15 is 0 Å². The van der Waals surface area contributed by atoms with Crippen molar-refractivity contribution in [2.75, 3.05) is 12.4 Å². The quantitative estimate of drug-likeness (QED) is 0.430. The number of ether oxygens (including phenoxy) is 1. The van der Waals surface area contributed by atoms with Gasteiger partial charge in [-0.05, 0) is 30.3 Å². The van der Waals surface area contributed by atoms with E-state index in [4.69, 9.17) is 9.15 Å². The lowest BCUT2D eigenvalue weighted by Gasteiger charge is -2.04. The molecule has 6 nitrogen and oxygen atoms in total. The summed E-state index contributed by atoms with van der Waals surface area (Å²) in [6, 6.07) is 10.3. The van der Waals surface area contributed by atoms with Gasteiger partial charge in [0, 0.05) is 28.9 Å². The van der Waals surface area contributed by atoms with E-state index in [1.54, 1.807) is 19.2 Å². The molecule has 3 N–H and O–H groups in total. The van der Waals surface area contributed by atoms with E-state index < -0.39 is 0 Å². The Bertz CT molecular complexity index is 1230. The van der Waals surface area contributed by atoms with Crippen LogP contribution >= 0.6 is 0 Å². The molecule has 0 spiro atoms. The van der Waals surface area contributed by atoms with Crippen molar-refractivity contribution in [3.05, 3.63) is 48.1 Å². The Hall–Kier alpha value is -3.48. The lowest BCUT2D eigenvalue weighted by molar-refractivity contribution is 0.409. The molecule has 0 amide bonds. The Morgan fingerprint density at radius 3 is 2.85 bits per heavy atom. The number of anilines is 2. The van der Waals surface area contributed by atoms with E-state index in [9.17, 15) is 4.39 Å². The number of oxazole rings is 1. The average Bonchev–Trinajstić information content (AvgIpc) is 3.28. The number of aryl methyl sites for hydroxylation is 1. The van der Waals surface area contributed by atoms with E-state index in [1.807, 2.05) is 19.1 Å². The van der Waals surface area contributed by atoms with Gasteiger partial charge < -0.3 is 14.5 Å². The third-order valence-corrected chi connectivity index (χ3v) is 4.50. The predicted octanol–water partition coefficient (Wildman–Crippen LogP) is 4.94. The summed E-state index contributed by atoms with van der Waals surface area (Å²) in [4.78, 5) is 4.51. The zero-order valence-corrected chi connectivity index (χ0v) is 14.1. The highest BCUT2D eigenvalue weighted by Gasteiger charge is 2.22. The van der Waals surface area contributed by atoms with Crippen LogP contribution in [0.1, 0.15) is 5.89 Å². The molecule has 0 saturated carbocycles. The van der Waals surface area contributed by atoms with Gasteiger partial charge in [0.05, 0.1) is 12.8 Å². The Balaban J connectivity index is 1.71. The monoisotopic (exact) mass is 350 g/mol. The number of methoxy groups -OCH3 is 1. The van der Waals surface area contributed by atoms with Crippen molar-refractivity contribution >= 4 is 33.4 Å². The van der Waals surface area contributed by atoms with E-state index in [0.717, 1.165) is 33.4 Å². The van der Waals surface area contributed by atoms with Crippen molar-refractivity contribution < 1.29 is 13.5 Å². The molecule has 26 heavy (non-hydrogen) atoms. The van der Waals surface area contributed by atoms with Crippen molar-refractivity contribution in [1.29, 1.82) is 0 Å². The lowest BCUT2D eigenvalue weighted by atomic mass is 10.1. The van der Waals surface area contributed by atoms with E-state index in [0.29, 0.717) is 22.9 Å². The van der Waals surface area contributed by atoms with Crippen molar-refractivity contribution in [3.63, 3.8) is 0 Å². The van der Waals surface area contributed by atoms with Crippen LogP contribution in [0.3, 0.4) is 0 Å². The van der Waals surface area contributed by atoms with Crippen LogP contribution < -0.4 is 10.1 Å². The summed E-state index contributed by atoms with van der Waals surface area (Å²) in [6.45, 7) is 1.81. The first-order valence-electron chi connectivity index (χ1n) is 8.13. The van der Waals surface area contributed by atoms with Crippen LogP contribution in [0.5, 0.6) is 5.75 Å². The SMILES string of the molecule is COc1cc2c3[nH][nH]c(Nc4cccc(F)c4)c-3cc2c2nc(C)oc12. The average molecular weight is 350 g/mol. The van der Waals surface area contributed by atoms with Crippen molar-refractivity contribution in [2.45, 2.75) is 6.92 Å². The van der Waals surface area contributed by atoms with Crippen LogP contribution in [0, 0.1) is 12.7 Å². The van der Waals surface area contributed by atoms with Crippen molar-refractivity contribution in [1.82, 2.24) is 15.2 Å². The number of aromatic amines is 2. The standard InChI is InChI=1S/C19H15FN4O2/c1-9-21-17-12-7-14-16(13(12)8-15(25-2)18(17)26-9)23-24-19(14)22-11-5-3-4-10(20)6-11/h3-8,22-24H,1-2H3. The summed E-state index contributed by atoms with van der Waals surface area (Å²) < 4.78 is 24.6. The Morgan fingerprint density at radius 1 is 1.15 bits per heavy atom. The first-order valence-corrected chi connectivity index (χ1v) is 8.13. The van der Waals surface area contributed by atoms with Gasteiger partial charge in [-0.15, -0.1) is 0 Å². The summed E-state index contributed by atoms with van der Waals surface area (Å²) in [6.07, 6.45) is 0. The number of nitrogens with one attached hydrogen (secondary N) is 3. The number of hydrogen-bond donors (Lipinski definition) is 3. The second-order valence-corrected chi connectivity index (χ2v) is 6.14. The molecule has 7 heteroatoms. The van der Waals surface area contributed by atoms with Crippen LogP contribution in [-0.2, 0) is 0 Å². The number of fused-ring (bicyclic) bond motifs is 5. The molecule has 0 radical (unpaired) electrons. The maximum atomic E-state index is 13.4. The van der Waals surface area contributed by atoms with Crippen LogP contribution in [0.2, 0.25) is 0 Å². The minimum Gasteiger partial charge on any atom is -0.493 e. The lowest BCUT2D eigenvalue weighted by Crippen LogP contribution is -1.91. The molecule has 0 saturated heterocycles. The molecule has 0 atom stereocenters. The molecule has 2 aromatic carbocycles. The molecule has 1 aliphatic carbocycles. The molecule has 5 rings (SSSR count). The minimum atomic E-state index is -0.293. The zero-order chi connectivity index (χ0) is 17.8. The van der Waals surface area contributed by atoms with Gasteiger partial charge in [-0.1, -0.05) is 6.07 Å².